The minimum Gasteiger partial charge on any atom is -0.250 e. The van der Waals surface area contributed by atoms with Crippen LogP contribution in [0.15, 0.2) is 64.7 Å². The average Bonchev–Trinajstić information content (AvgIpc) is 3.01. The quantitative estimate of drug-likeness (QED) is 0.433. The van der Waals surface area contributed by atoms with Crippen LogP contribution in [0.1, 0.15) is 31.9 Å². The molecule has 0 saturated carbocycles. The summed E-state index contributed by atoms with van der Waals surface area (Å²) in [6.45, 7) is 6.55. The van der Waals surface area contributed by atoms with Crippen molar-refractivity contribution in [3.05, 3.63) is 75.5 Å². The molecular weight excluding hydrogens is 376 g/mol. The van der Waals surface area contributed by atoms with E-state index >= 15 is 0 Å². The summed E-state index contributed by atoms with van der Waals surface area (Å²) in [5, 5.41) is 12.0. The molecule has 2 aromatic carbocycles. The first-order valence-electron chi connectivity index (χ1n) is 8.59. The van der Waals surface area contributed by atoms with Gasteiger partial charge in [0.2, 0.25) is 4.77 Å². The van der Waals surface area contributed by atoms with E-state index in [4.69, 9.17) is 23.8 Å². The van der Waals surface area contributed by atoms with Gasteiger partial charge in [-0.15, -0.1) is 0 Å². The van der Waals surface area contributed by atoms with Crippen LogP contribution < -0.4 is 0 Å². The molecule has 1 N–H and O–H groups in total. The molecule has 1 aromatic heterocycles. The molecule has 1 heterocycles. The number of aromatic nitrogens is 3. The second-order valence-electron chi connectivity index (χ2n) is 7.18. The Morgan fingerprint density at radius 1 is 1.11 bits per heavy atom. The fourth-order valence-electron chi connectivity index (χ4n) is 2.56. The average molecular weight is 397 g/mol. The number of rotatable bonds is 4. The molecule has 0 bridgehead atoms. The Balaban J connectivity index is 1.89. The predicted molar refractivity (Wildman–Crippen MR) is 116 cm³/mol. The standard InChI is InChI=1S/C21H21ClN4S/c1-21(2,3)17-11-9-16(10-12-17)19-24-25-20(27)26(19)23-14-18(22)13-15-7-5-4-6-8-15/h4-14H,1-3H3,(H,25,27)/b18-13-,23-14-. The number of aromatic amines is 1. The molecular formula is C21H21ClN4S. The zero-order valence-corrected chi connectivity index (χ0v) is 17.1. The molecule has 27 heavy (non-hydrogen) atoms. The number of benzene rings is 2. The van der Waals surface area contributed by atoms with Gasteiger partial charge in [-0.1, -0.05) is 87.0 Å². The summed E-state index contributed by atoms with van der Waals surface area (Å²) >= 11 is 11.6. The van der Waals surface area contributed by atoms with Crippen molar-refractivity contribution in [1.29, 1.82) is 0 Å². The Bertz CT molecular complexity index is 1020. The first-order valence-corrected chi connectivity index (χ1v) is 9.38. The van der Waals surface area contributed by atoms with Gasteiger partial charge in [-0.25, -0.2) is 5.10 Å². The van der Waals surface area contributed by atoms with E-state index in [2.05, 4.69) is 48.2 Å². The first-order chi connectivity index (χ1) is 12.8. The molecule has 0 spiro atoms. The van der Waals surface area contributed by atoms with Crippen molar-refractivity contribution in [2.24, 2.45) is 5.10 Å². The second kappa shape index (κ2) is 8.03. The number of halogens is 1. The van der Waals surface area contributed by atoms with Gasteiger partial charge in [0.1, 0.15) is 0 Å². The maximum absolute atomic E-state index is 6.29. The molecule has 0 aliphatic rings. The molecule has 3 rings (SSSR count). The first kappa shape index (κ1) is 19.3. The van der Waals surface area contributed by atoms with Crippen molar-refractivity contribution in [1.82, 2.24) is 14.9 Å². The number of allylic oxidation sites excluding steroid dienone is 1. The molecule has 0 radical (unpaired) electrons. The van der Waals surface area contributed by atoms with Crippen LogP contribution in [0.5, 0.6) is 0 Å². The molecule has 0 aliphatic carbocycles. The number of hydrogen-bond acceptors (Lipinski definition) is 3. The molecule has 4 nitrogen and oxygen atoms in total. The largest absolute Gasteiger partial charge is 0.250 e. The van der Waals surface area contributed by atoms with Crippen molar-refractivity contribution in [3.63, 3.8) is 0 Å². The molecule has 3 aromatic rings. The summed E-state index contributed by atoms with van der Waals surface area (Å²) in [6.07, 6.45) is 3.40. The monoisotopic (exact) mass is 396 g/mol. The maximum Gasteiger partial charge on any atom is 0.216 e. The van der Waals surface area contributed by atoms with Gasteiger partial charge in [-0.2, -0.15) is 14.9 Å². The van der Waals surface area contributed by atoms with E-state index in [1.807, 2.05) is 48.5 Å². The molecule has 6 heteroatoms. The third-order valence-electron chi connectivity index (χ3n) is 4.06. The lowest BCUT2D eigenvalue weighted by Crippen LogP contribution is -2.10. The molecule has 0 amide bonds. The van der Waals surface area contributed by atoms with Crippen molar-refractivity contribution in [2.75, 3.05) is 0 Å². The van der Waals surface area contributed by atoms with E-state index in [-0.39, 0.29) is 5.41 Å². The highest BCUT2D eigenvalue weighted by atomic mass is 35.5. The van der Waals surface area contributed by atoms with Crippen LogP contribution in [0, 0.1) is 4.77 Å². The summed E-state index contributed by atoms with van der Waals surface area (Å²) in [6, 6.07) is 18.1. The van der Waals surface area contributed by atoms with E-state index in [1.165, 1.54) is 5.56 Å². The molecule has 0 unspecified atom stereocenters. The van der Waals surface area contributed by atoms with Gasteiger partial charge < -0.3 is 0 Å². The summed E-state index contributed by atoms with van der Waals surface area (Å²) in [4.78, 5) is 0. The summed E-state index contributed by atoms with van der Waals surface area (Å²) < 4.78 is 1.98. The molecule has 0 aliphatic heterocycles. The van der Waals surface area contributed by atoms with Crippen LogP contribution in [0.4, 0.5) is 0 Å². The highest BCUT2D eigenvalue weighted by Crippen LogP contribution is 2.25. The van der Waals surface area contributed by atoms with E-state index in [9.17, 15) is 0 Å². The van der Waals surface area contributed by atoms with Crippen LogP contribution in [-0.4, -0.2) is 21.1 Å². The zero-order chi connectivity index (χ0) is 19.4. The lowest BCUT2D eigenvalue weighted by molar-refractivity contribution is 0.590. The van der Waals surface area contributed by atoms with E-state index in [1.54, 1.807) is 10.9 Å². The number of hydrogen-bond donors (Lipinski definition) is 1. The third-order valence-corrected chi connectivity index (χ3v) is 4.53. The number of nitrogens with one attached hydrogen (secondary N) is 1. The minimum atomic E-state index is 0.0944. The van der Waals surface area contributed by atoms with E-state index < -0.39 is 0 Å². The summed E-state index contributed by atoms with van der Waals surface area (Å²) in [5.41, 5.74) is 3.28. The number of H-pyrrole nitrogens is 1. The smallest absolute Gasteiger partial charge is 0.216 e. The lowest BCUT2D eigenvalue weighted by atomic mass is 9.87. The van der Waals surface area contributed by atoms with Gasteiger partial charge in [0.15, 0.2) is 5.82 Å². The fraction of sp³-hybridized carbons (Fsp3) is 0.190. The van der Waals surface area contributed by atoms with Crippen molar-refractivity contribution >= 4 is 36.1 Å². The van der Waals surface area contributed by atoms with Gasteiger partial charge in [-0.05, 0) is 34.8 Å². The Morgan fingerprint density at radius 2 is 1.78 bits per heavy atom. The lowest BCUT2D eigenvalue weighted by Gasteiger charge is -2.18. The zero-order valence-electron chi connectivity index (χ0n) is 15.5. The summed E-state index contributed by atoms with van der Waals surface area (Å²) in [7, 11) is 0. The van der Waals surface area contributed by atoms with Crippen LogP contribution >= 0.6 is 23.8 Å². The molecule has 138 valence electrons. The summed E-state index contributed by atoms with van der Waals surface area (Å²) in [5.74, 6) is 0.640. The van der Waals surface area contributed by atoms with Crippen molar-refractivity contribution < 1.29 is 0 Å². The highest BCUT2D eigenvalue weighted by Gasteiger charge is 2.14. The maximum atomic E-state index is 6.29. The Labute approximate surface area is 169 Å². The van der Waals surface area contributed by atoms with Crippen LogP contribution in [0.25, 0.3) is 17.5 Å². The normalized spacial score (nSPS) is 12.7. The Kier molecular flexibility index (Phi) is 5.73. The van der Waals surface area contributed by atoms with Crippen LogP contribution in [0.2, 0.25) is 0 Å². The Hall–Kier alpha value is -2.50. The van der Waals surface area contributed by atoms with Crippen LogP contribution in [-0.2, 0) is 5.41 Å². The minimum absolute atomic E-state index is 0.0944. The SMILES string of the molecule is CC(C)(C)c1ccc(-c2n[nH]c(=S)n2/N=C\C(Cl)=C\c2ccccc2)cc1. The fourth-order valence-corrected chi connectivity index (χ4v) is 2.91. The van der Waals surface area contributed by atoms with Gasteiger partial charge in [0.25, 0.3) is 0 Å². The van der Waals surface area contributed by atoms with Gasteiger partial charge >= 0.3 is 0 Å². The van der Waals surface area contributed by atoms with Gasteiger partial charge in [0.05, 0.1) is 11.2 Å². The van der Waals surface area contributed by atoms with E-state index in [0.29, 0.717) is 15.6 Å². The predicted octanol–water partition coefficient (Wildman–Crippen LogP) is 6.02. The van der Waals surface area contributed by atoms with Gasteiger partial charge in [0, 0.05) is 5.56 Å². The topological polar surface area (TPSA) is 46.0 Å². The van der Waals surface area contributed by atoms with E-state index in [0.717, 1.165) is 11.1 Å². The Morgan fingerprint density at radius 3 is 2.41 bits per heavy atom. The van der Waals surface area contributed by atoms with Gasteiger partial charge in [-0.3, -0.25) is 0 Å². The van der Waals surface area contributed by atoms with Crippen molar-refractivity contribution in [3.8, 4) is 11.4 Å². The molecule has 0 fully saturated rings. The molecule has 0 atom stereocenters. The van der Waals surface area contributed by atoms with Crippen LogP contribution in [0.3, 0.4) is 0 Å². The number of nitrogens with zero attached hydrogens (tertiary/aromatic N) is 3. The third kappa shape index (κ3) is 4.81. The molecule has 0 saturated heterocycles. The van der Waals surface area contributed by atoms with Crippen molar-refractivity contribution in [2.45, 2.75) is 26.2 Å². The highest BCUT2D eigenvalue weighted by molar-refractivity contribution is 7.71. The second-order valence-corrected chi connectivity index (χ2v) is 8.00.